The number of hydrogen-bond donors (Lipinski definition) is 0. The first-order valence-corrected chi connectivity index (χ1v) is 13.7. The first-order chi connectivity index (χ1) is 19.1. The molecule has 196 valence electrons. The molecule has 0 spiro atoms. The first-order valence-electron chi connectivity index (χ1n) is 13.7. The summed E-state index contributed by atoms with van der Waals surface area (Å²) in [5.74, 6) is 1.61. The Labute approximate surface area is 231 Å². The highest BCUT2D eigenvalue weighted by atomic mass is 16.5. The molecule has 0 radical (unpaired) electrons. The highest BCUT2D eigenvalue weighted by molar-refractivity contribution is 6.05. The predicted octanol–water partition coefficient (Wildman–Crippen LogP) is 7.27. The molecule has 4 aromatic rings. The molecule has 0 fully saturated rings. The average molecular weight is 515 g/mol. The van der Waals surface area contributed by atoms with Gasteiger partial charge in [0.1, 0.15) is 18.6 Å². The Morgan fingerprint density at radius 3 is 1.08 bits per heavy atom. The summed E-state index contributed by atoms with van der Waals surface area (Å²) in [6.45, 7) is 5.27. The quantitative estimate of drug-likeness (QED) is 0.248. The van der Waals surface area contributed by atoms with Gasteiger partial charge in [-0.25, -0.2) is 9.98 Å². The zero-order chi connectivity index (χ0) is 26.7. The highest BCUT2D eigenvalue weighted by Gasteiger charge is 2.44. The van der Waals surface area contributed by atoms with Gasteiger partial charge in [0.15, 0.2) is 11.8 Å². The van der Waals surface area contributed by atoms with E-state index in [2.05, 4.69) is 135 Å². The van der Waals surface area contributed by atoms with Crippen LogP contribution < -0.4 is 0 Å². The van der Waals surface area contributed by atoms with E-state index in [0.29, 0.717) is 25.0 Å². The summed E-state index contributed by atoms with van der Waals surface area (Å²) in [5, 5.41) is 0. The zero-order valence-corrected chi connectivity index (χ0v) is 22.5. The topological polar surface area (TPSA) is 43.2 Å². The molecule has 2 aliphatic heterocycles. The lowest BCUT2D eigenvalue weighted by molar-refractivity contribution is 0.259. The van der Waals surface area contributed by atoms with Crippen LogP contribution in [0.5, 0.6) is 0 Å². The minimum absolute atomic E-state index is 0.0248. The largest absolute Gasteiger partial charge is 0.478 e. The molecule has 6 rings (SSSR count). The lowest BCUT2D eigenvalue weighted by Crippen LogP contribution is -2.34. The van der Waals surface area contributed by atoms with Crippen molar-refractivity contribution in [2.75, 3.05) is 13.2 Å². The van der Waals surface area contributed by atoms with E-state index in [-0.39, 0.29) is 23.9 Å². The minimum atomic E-state index is -0.570. The first kappa shape index (κ1) is 25.1. The van der Waals surface area contributed by atoms with Crippen molar-refractivity contribution in [3.8, 4) is 0 Å². The lowest BCUT2D eigenvalue weighted by atomic mass is 9.85. The number of ether oxygens (including phenoxy) is 2. The standard InChI is InChI=1S/C35H34N2O2/c1-35(2,33-36-29(23-38-33)31(25-15-7-3-8-16-25)26-17-9-4-10-18-26)34-37-30(24-39-34)32(27-19-11-5-12-20-27)28-21-13-6-14-22-28/h3-22,29-32H,23-24H2,1-2H3/t29-,30-/m0/s1. The molecular weight excluding hydrogens is 480 g/mol. The SMILES string of the molecule is CC(C)(C1=N[C@H](C(c2ccccc2)c2ccccc2)CO1)C1=N[C@H](C(c2ccccc2)c2ccccc2)CO1. The molecule has 4 nitrogen and oxygen atoms in total. The summed E-state index contributed by atoms with van der Waals surface area (Å²) >= 11 is 0. The van der Waals surface area contributed by atoms with E-state index >= 15 is 0 Å². The third kappa shape index (κ3) is 5.12. The smallest absolute Gasteiger partial charge is 0.199 e. The van der Waals surface area contributed by atoms with Crippen LogP contribution in [0, 0.1) is 5.41 Å². The van der Waals surface area contributed by atoms with E-state index in [1.165, 1.54) is 22.3 Å². The highest BCUT2D eigenvalue weighted by Crippen LogP contribution is 2.38. The van der Waals surface area contributed by atoms with E-state index in [1.54, 1.807) is 0 Å². The monoisotopic (exact) mass is 514 g/mol. The van der Waals surface area contributed by atoms with Gasteiger partial charge in [0.25, 0.3) is 0 Å². The Morgan fingerprint density at radius 1 is 0.513 bits per heavy atom. The molecule has 2 heterocycles. The zero-order valence-electron chi connectivity index (χ0n) is 22.5. The number of benzene rings is 4. The Bertz CT molecular complexity index is 1240. The fraction of sp³-hybridized carbons (Fsp3) is 0.257. The average Bonchev–Trinajstić information content (AvgIpc) is 3.68. The molecule has 4 heteroatoms. The van der Waals surface area contributed by atoms with Gasteiger partial charge in [0, 0.05) is 11.8 Å². The number of aliphatic imine (C=N–C) groups is 2. The maximum Gasteiger partial charge on any atom is 0.199 e. The maximum atomic E-state index is 6.32. The summed E-state index contributed by atoms with van der Waals surface area (Å²) in [6.07, 6.45) is 0. The van der Waals surface area contributed by atoms with Crippen molar-refractivity contribution >= 4 is 11.8 Å². The van der Waals surface area contributed by atoms with Gasteiger partial charge in [0.2, 0.25) is 0 Å². The number of nitrogens with zero attached hydrogens (tertiary/aromatic N) is 2. The second-order valence-electron chi connectivity index (χ2n) is 10.8. The van der Waals surface area contributed by atoms with Crippen LogP contribution in [0.2, 0.25) is 0 Å². The van der Waals surface area contributed by atoms with Crippen LogP contribution in [0.1, 0.15) is 47.9 Å². The van der Waals surface area contributed by atoms with E-state index in [4.69, 9.17) is 19.5 Å². The minimum Gasteiger partial charge on any atom is -0.478 e. The summed E-state index contributed by atoms with van der Waals surface area (Å²) < 4.78 is 12.6. The Kier molecular flexibility index (Phi) is 7.02. The van der Waals surface area contributed by atoms with E-state index in [0.717, 1.165) is 0 Å². The van der Waals surface area contributed by atoms with Crippen LogP contribution >= 0.6 is 0 Å². The summed E-state index contributed by atoms with van der Waals surface area (Å²) in [5.41, 5.74) is 4.39. The van der Waals surface area contributed by atoms with Crippen molar-refractivity contribution in [2.24, 2.45) is 15.4 Å². The molecule has 0 aromatic heterocycles. The number of hydrogen-bond acceptors (Lipinski definition) is 4. The van der Waals surface area contributed by atoms with Crippen LogP contribution in [0.4, 0.5) is 0 Å². The van der Waals surface area contributed by atoms with Gasteiger partial charge in [0.05, 0.1) is 12.1 Å². The molecule has 2 atom stereocenters. The van der Waals surface area contributed by atoms with Crippen molar-refractivity contribution in [2.45, 2.75) is 37.8 Å². The third-order valence-corrected chi connectivity index (χ3v) is 7.82. The van der Waals surface area contributed by atoms with Crippen LogP contribution in [-0.2, 0) is 9.47 Å². The summed E-state index contributed by atoms with van der Waals surface area (Å²) in [7, 11) is 0. The Morgan fingerprint density at radius 2 is 0.795 bits per heavy atom. The molecule has 2 aliphatic rings. The van der Waals surface area contributed by atoms with Crippen molar-refractivity contribution in [1.29, 1.82) is 0 Å². The maximum absolute atomic E-state index is 6.32. The fourth-order valence-electron chi connectivity index (χ4n) is 5.81. The second-order valence-corrected chi connectivity index (χ2v) is 10.8. The van der Waals surface area contributed by atoms with Crippen LogP contribution in [-0.4, -0.2) is 37.1 Å². The van der Waals surface area contributed by atoms with Crippen molar-refractivity contribution in [3.63, 3.8) is 0 Å². The van der Waals surface area contributed by atoms with Crippen LogP contribution in [0.3, 0.4) is 0 Å². The summed E-state index contributed by atoms with van der Waals surface area (Å²) in [6, 6.07) is 42.3. The van der Waals surface area contributed by atoms with Gasteiger partial charge in [-0.05, 0) is 36.1 Å². The molecule has 4 aromatic carbocycles. The van der Waals surface area contributed by atoms with Gasteiger partial charge >= 0.3 is 0 Å². The van der Waals surface area contributed by atoms with Crippen molar-refractivity contribution < 1.29 is 9.47 Å². The number of rotatable bonds is 8. The van der Waals surface area contributed by atoms with E-state index < -0.39 is 5.41 Å². The fourth-order valence-corrected chi connectivity index (χ4v) is 5.81. The molecule has 0 saturated heterocycles. The van der Waals surface area contributed by atoms with Gasteiger partial charge in [-0.15, -0.1) is 0 Å². The normalized spacial score (nSPS) is 19.0. The molecule has 0 saturated carbocycles. The van der Waals surface area contributed by atoms with Gasteiger partial charge in [-0.2, -0.15) is 0 Å². The lowest BCUT2D eigenvalue weighted by Gasteiger charge is -2.23. The van der Waals surface area contributed by atoms with E-state index in [9.17, 15) is 0 Å². The Hall–Kier alpha value is -4.18. The molecule has 0 unspecified atom stereocenters. The molecule has 0 amide bonds. The van der Waals surface area contributed by atoms with Crippen LogP contribution in [0.15, 0.2) is 131 Å². The van der Waals surface area contributed by atoms with Crippen LogP contribution in [0.25, 0.3) is 0 Å². The molecule has 0 bridgehead atoms. The molecule has 0 aliphatic carbocycles. The Balaban J connectivity index is 1.30. The van der Waals surface area contributed by atoms with Gasteiger partial charge in [-0.3, -0.25) is 0 Å². The second kappa shape index (κ2) is 10.9. The third-order valence-electron chi connectivity index (χ3n) is 7.82. The van der Waals surface area contributed by atoms with E-state index in [1.807, 2.05) is 0 Å². The molecule has 39 heavy (non-hydrogen) atoms. The summed E-state index contributed by atoms with van der Waals surface area (Å²) in [4.78, 5) is 10.4. The van der Waals surface area contributed by atoms with Crippen molar-refractivity contribution in [1.82, 2.24) is 0 Å². The van der Waals surface area contributed by atoms with Gasteiger partial charge in [-0.1, -0.05) is 121 Å². The van der Waals surface area contributed by atoms with Crippen molar-refractivity contribution in [3.05, 3.63) is 144 Å². The predicted molar refractivity (Wildman–Crippen MR) is 158 cm³/mol. The molecule has 0 N–H and O–H groups in total. The molecular formula is C35H34N2O2. The van der Waals surface area contributed by atoms with Gasteiger partial charge < -0.3 is 9.47 Å².